The van der Waals surface area contributed by atoms with E-state index in [1.54, 1.807) is 24.3 Å². The van der Waals surface area contributed by atoms with Crippen LogP contribution in [0.15, 0.2) is 63.8 Å². The van der Waals surface area contributed by atoms with Gasteiger partial charge < -0.3 is 19.9 Å². The molecule has 0 aromatic heterocycles. The van der Waals surface area contributed by atoms with Crippen LogP contribution in [-0.4, -0.2) is 22.1 Å². The minimum absolute atomic E-state index is 0.0113. The largest absolute Gasteiger partial charge is 0.508 e. The number of carbonyl (C=O) groups is 2. The average molecular weight is 512 g/mol. The number of unbranched alkanes of at least 4 members (excludes halogenated alkanes) is 6. The Balaban J connectivity index is 1.58. The van der Waals surface area contributed by atoms with Crippen LogP contribution in [0, 0.1) is 12.3 Å². The van der Waals surface area contributed by atoms with Gasteiger partial charge in [0.2, 0.25) is 5.91 Å². The number of anilines is 1. The lowest BCUT2D eigenvalue weighted by Gasteiger charge is -2.17. The van der Waals surface area contributed by atoms with Crippen molar-refractivity contribution in [3.05, 3.63) is 70.4 Å². The maximum Gasteiger partial charge on any atom is 0.336 e. The van der Waals surface area contributed by atoms with Gasteiger partial charge in [0, 0.05) is 47.2 Å². The number of carboxylic acid groups (broad SMARTS) is 1. The van der Waals surface area contributed by atoms with Gasteiger partial charge in [0.05, 0.1) is 5.56 Å². The molecule has 0 saturated heterocycles. The van der Waals surface area contributed by atoms with Gasteiger partial charge in [-0.05, 0) is 54.8 Å². The highest BCUT2D eigenvalue weighted by Crippen LogP contribution is 2.42. The van der Waals surface area contributed by atoms with Gasteiger partial charge in [-0.3, -0.25) is 9.59 Å². The standard InChI is InChI=1S/C31H29NO6/c1-2-3-4-5-6-7-8-9-10-29(35)32-20-11-14-23(26(17-20)31(36)37)30-24-15-12-21(33)18-27(24)38-28-19-22(34)13-16-25(28)30/h1,11-19,33H,3-10H2,(H,32,35)(H,36,37). The van der Waals surface area contributed by atoms with Crippen LogP contribution in [0.4, 0.5) is 5.69 Å². The maximum atomic E-state index is 12.5. The van der Waals surface area contributed by atoms with E-state index in [1.165, 1.54) is 30.3 Å². The molecule has 1 aliphatic carbocycles. The smallest absolute Gasteiger partial charge is 0.336 e. The molecule has 38 heavy (non-hydrogen) atoms. The average Bonchev–Trinajstić information content (AvgIpc) is 2.88. The number of hydrogen-bond donors (Lipinski definition) is 3. The molecule has 1 heterocycles. The van der Waals surface area contributed by atoms with Crippen LogP contribution in [0.2, 0.25) is 0 Å². The van der Waals surface area contributed by atoms with Crippen LogP contribution in [-0.2, 0) is 4.79 Å². The van der Waals surface area contributed by atoms with Gasteiger partial charge in [-0.15, -0.1) is 12.3 Å². The van der Waals surface area contributed by atoms with Crippen LogP contribution in [0.1, 0.15) is 61.7 Å². The molecule has 7 nitrogen and oxygen atoms in total. The quantitative estimate of drug-likeness (QED) is 0.118. The molecule has 4 rings (SSSR count). The molecule has 0 saturated carbocycles. The summed E-state index contributed by atoms with van der Waals surface area (Å²) in [6.07, 6.45) is 12.4. The molecule has 0 unspecified atom stereocenters. The molecular formula is C31H29NO6. The molecule has 2 aromatic carbocycles. The number of carboxylic acids is 1. The first kappa shape index (κ1) is 26.5. The van der Waals surface area contributed by atoms with E-state index < -0.39 is 5.97 Å². The highest BCUT2D eigenvalue weighted by Gasteiger charge is 2.22. The molecule has 0 spiro atoms. The van der Waals surface area contributed by atoms with Gasteiger partial charge in [-0.1, -0.05) is 31.7 Å². The molecular weight excluding hydrogens is 482 g/mol. The van der Waals surface area contributed by atoms with Gasteiger partial charge in [0.1, 0.15) is 17.1 Å². The normalized spacial score (nSPS) is 10.9. The Morgan fingerprint density at radius 3 is 2.39 bits per heavy atom. The van der Waals surface area contributed by atoms with Crippen molar-refractivity contribution >= 4 is 28.5 Å². The fourth-order valence-corrected chi connectivity index (χ4v) is 4.61. The summed E-state index contributed by atoms with van der Waals surface area (Å²) in [5, 5.41) is 23.4. The highest BCUT2D eigenvalue weighted by atomic mass is 16.4. The summed E-state index contributed by atoms with van der Waals surface area (Å²) in [6, 6.07) is 13.6. The van der Waals surface area contributed by atoms with E-state index in [2.05, 4.69) is 11.2 Å². The van der Waals surface area contributed by atoms with E-state index in [0.717, 1.165) is 44.9 Å². The minimum atomic E-state index is -1.16. The lowest BCUT2D eigenvalue weighted by atomic mass is 9.90. The number of terminal acetylenes is 1. The Hall–Kier alpha value is -4.57. The SMILES string of the molecule is C#CCCCCCCCCC(=O)Nc1ccc(-c2c3ccc(=O)cc-3oc3cc(O)ccc23)c(C(=O)O)c1. The minimum Gasteiger partial charge on any atom is -0.508 e. The van der Waals surface area contributed by atoms with E-state index in [1.807, 2.05) is 0 Å². The fraction of sp³-hybridized carbons (Fsp3) is 0.258. The molecule has 0 radical (unpaired) electrons. The van der Waals surface area contributed by atoms with E-state index in [0.29, 0.717) is 39.8 Å². The Morgan fingerprint density at radius 2 is 1.63 bits per heavy atom. The van der Waals surface area contributed by atoms with Crippen molar-refractivity contribution in [1.29, 1.82) is 0 Å². The van der Waals surface area contributed by atoms with Gasteiger partial charge in [-0.25, -0.2) is 4.79 Å². The molecule has 7 heteroatoms. The Kier molecular flexibility index (Phi) is 8.44. The van der Waals surface area contributed by atoms with E-state index >= 15 is 0 Å². The number of nitrogens with one attached hydrogen (secondary N) is 1. The van der Waals surface area contributed by atoms with E-state index in [4.69, 9.17) is 10.8 Å². The topological polar surface area (TPSA) is 117 Å². The molecule has 3 N–H and O–H groups in total. The van der Waals surface area contributed by atoms with Crippen LogP contribution >= 0.6 is 0 Å². The van der Waals surface area contributed by atoms with Crippen molar-refractivity contribution in [1.82, 2.24) is 0 Å². The Labute approximate surface area is 220 Å². The Morgan fingerprint density at radius 1 is 0.895 bits per heavy atom. The van der Waals surface area contributed by atoms with E-state index in [-0.39, 0.29) is 28.4 Å². The number of phenols is 1. The van der Waals surface area contributed by atoms with Crippen LogP contribution < -0.4 is 10.7 Å². The first-order chi connectivity index (χ1) is 18.4. The molecule has 2 aliphatic rings. The molecule has 2 aromatic rings. The molecule has 1 aliphatic heterocycles. The van der Waals surface area contributed by atoms with Crippen molar-refractivity contribution in [2.24, 2.45) is 0 Å². The van der Waals surface area contributed by atoms with Crippen molar-refractivity contribution < 1.29 is 24.2 Å². The molecule has 0 bridgehead atoms. The first-order valence-electron chi connectivity index (χ1n) is 12.7. The van der Waals surface area contributed by atoms with E-state index in [9.17, 15) is 24.6 Å². The number of aromatic hydroxyl groups is 1. The van der Waals surface area contributed by atoms with Gasteiger partial charge >= 0.3 is 5.97 Å². The zero-order valence-electron chi connectivity index (χ0n) is 21.0. The zero-order chi connectivity index (χ0) is 27.1. The summed E-state index contributed by atoms with van der Waals surface area (Å²) in [7, 11) is 0. The highest BCUT2D eigenvalue weighted by molar-refractivity contribution is 6.08. The van der Waals surface area contributed by atoms with Gasteiger partial charge in [-0.2, -0.15) is 0 Å². The first-order valence-corrected chi connectivity index (χ1v) is 12.7. The summed E-state index contributed by atoms with van der Waals surface area (Å²) in [5.41, 5.74) is 1.94. The summed E-state index contributed by atoms with van der Waals surface area (Å²) in [5.74, 6) is 1.55. The van der Waals surface area contributed by atoms with Gasteiger partial charge in [0.25, 0.3) is 0 Å². The number of hydrogen-bond acceptors (Lipinski definition) is 5. The summed E-state index contributed by atoms with van der Waals surface area (Å²) in [4.78, 5) is 36.8. The third-order valence-corrected chi connectivity index (χ3v) is 6.45. The van der Waals surface area contributed by atoms with Crippen molar-refractivity contribution in [3.63, 3.8) is 0 Å². The predicted molar refractivity (Wildman–Crippen MR) is 148 cm³/mol. The number of fused-ring (bicyclic) bond motifs is 2. The summed E-state index contributed by atoms with van der Waals surface area (Å²) < 4.78 is 5.85. The second-order valence-corrected chi connectivity index (χ2v) is 9.25. The number of phenolic OH excluding ortho intramolecular Hbond substituents is 1. The predicted octanol–water partition coefficient (Wildman–Crippen LogP) is 6.66. The summed E-state index contributed by atoms with van der Waals surface area (Å²) in [6.45, 7) is 0. The molecule has 0 atom stereocenters. The number of rotatable bonds is 11. The van der Waals surface area contributed by atoms with Crippen LogP contribution in [0.3, 0.4) is 0 Å². The van der Waals surface area contributed by atoms with Gasteiger partial charge in [0.15, 0.2) is 5.43 Å². The monoisotopic (exact) mass is 511 g/mol. The third kappa shape index (κ3) is 6.22. The number of aromatic carboxylic acids is 1. The lowest BCUT2D eigenvalue weighted by molar-refractivity contribution is -0.116. The van der Waals surface area contributed by atoms with Crippen LogP contribution in [0.25, 0.3) is 33.4 Å². The molecule has 0 fully saturated rings. The fourth-order valence-electron chi connectivity index (χ4n) is 4.61. The number of benzene rings is 3. The maximum absolute atomic E-state index is 12.5. The second kappa shape index (κ2) is 12.1. The van der Waals surface area contributed by atoms with Crippen molar-refractivity contribution in [2.45, 2.75) is 51.4 Å². The van der Waals surface area contributed by atoms with Crippen molar-refractivity contribution in [2.75, 3.05) is 5.32 Å². The zero-order valence-corrected chi connectivity index (χ0v) is 21.0. The Bertz CT molecular complexity index is 1540. The number of amides is 1. The van der Waals surface area contributed by atoms with Crippen LogP contribution in [0.5, 0.6) is 5.75 Å². The second-order valence-electron chi connectivity index (χ2n) is 9.25. The van der Waals surface area contributed by atoms with Crippen molar-refractivity contribution in [3.8, 4) is 40.5 Å². The third-order valence-electron chi connectivity index (χ3n) is 6.45. The number of carbonyl (C=O) groups excluding carboxylic acids is 1. The molecule has 1 amide bonds. The summed E-state index contributed by atoms with van der Waals surface area (Å²) >= 11 is 0. The lowest BCUT2D eigenvalue weighted by Crippen LogP contribution is -2.12. The molecule has 194 valence electrons.